The zero-order chi connectivity index (χ0) is 10.7. The highest BCUT2D eigenvalue weighted by atomic mass is 35.5. The highest BCUT2D eigenvalue weighted by Gasteiger charge is 2.02. The molecule has 4 nitrogen and oxygen atoms in total. The summed E-state index contributed by atoms with van der Waals surface area (Å²) in [6.45, 7) is 3.15. The second-order valence-electron chi connectivity index (χ2n) is 3.06. The van der Waals surface area contributed by atoms with Crippen molar-refractivity contribution in [2.24, 2.45) is 0 Å². The van der Waals surface area contributed by atoms with Gasteiger partial charge in [0.25, 0.3) is 0 Å². The van der Waals surface area contributed by atoms with Crippen molar-refractivity contribution >= 4 is 22.9 Å². The number of halogens is 1. The summed E-state index contributed by atoms with van der Waals surface area (Å²) in [5, 5.41) is 9.69. The van der Waals surface area contributed by atoms with Gasteiger partial charge >= 0.3 is 0 Å². The van der Waals surface area contributed by atoms with E-state index in [0.29, 0.717) is 18.3 Å². The molecule has 0 aliphatic rings. The highest BCUT2D eigenvalue weighted by molar-refractivity contribution is 7.10. The largest absolute Gasteiger partial charge is 0.340 e. The van der Waals surface area contributed by atoms with Crippen LogP contribution in [0.1, 0.15) is 16.6 Å². The van der Waals surface area contributed by atoms with Crippen molar-refractivity contribution in [3.05, 3.63) is 33.1 Å². The van der Waals surface area contributed by atoms with Gasteiger partial charge in [-0.1, -0.05) is 16.8 Å². The molecule has 2 aromatic heterocycles. The molecule has 6 heteroatoms. The van der Waals surface area contributed by atoms with Gasteiger partial charge in [0.2, 0.25) is 5.89 Å². The van der Waals surface area contributed by atoms with Crippen molar-refractivity contribution in [1.29, 1.82) is 0 Å². The summed E-state index contributed by atoms with van der Waals surface area (Å²) in [7, 11) is 0. The van der Waals surface area contributed by atoms with Crippen LogP contribution in [0.4, 0.5) is 0 Å². The Labute approximate surface area is 96.3 Å². The third-order valence-corrected chi connectivity index (χ3v) is 3.06. The monoisotopic (exact) mass is 243 g/mol. The van der Waals surface area contributed by atoms with Crippen molar-refractivity contribution in [3.8, 4) is 0 Å². The van der Waals surface area contributed by atoms with E-state index < -0.39 is 0 Å². The van der Waals surface area contributed by atoms with Gasteiger partial charge in [-0.2, -0.15) is 4.98 Å². The number of rotatable bonds is 4. The van der Waals surface area contributed by atoms with Crippen LogP contribution in [0.2, 0.25) is 5.02 Å². The zero-order valence-electron chi connectivity index (χ0n) is 8.16. The van der Waals surface area contributed by atoms with Crippen LogP contribution in [0.3, 0.4) is 0 Å². The van der Waals surface area contributed by atoms with Crippen LogP contribution in [-0.4, -0.2) is 10.1 Å². The maximum absolute atomic E-state index is 5.80. The molecule has 0 saturated heterocycles. The lowest BCUT2D eigenvalue weighted by molar-refractivity contribution is 0.385. The van der Waals surface area contributed by atoms with Crippen LogP contribution >= 0.6 is 22.9 Å². The Bertz CT molecular complexity index is 400. The Morgan fingerprint density at radius 2 is 2.40 bits per heavy atom. The third kappa shape index (κ3) is 3.02. The SMILES string of the molecule is Cc1nc(CNCc2cc(Cl)cs2)no1. The molecular weight excluding hydrogens is 234 g/mol. The summed E-state index contributed by atoms with van der Waals surface area (Å²) in [4.78, 5) is 5.28. The van der Waals surface area contributed by atoms with Crippen LogP contribution in [0.5, 0.6) is 0 Å². The Kier molecular flexibility index (Phi) is 3.35. The van der Waals surface area contributed by atoms with Crippen molar-refractivity contribution < 1.29 is 4.52 Å². The Balaban J connectivity index is 1.80. The summed E-state index contributed by atoms with van der Waals surface area (Å²) >= 11 is 7.43. The molecular formula is C9H10ClN3OS. The molecule has 0 atom stereocenters. The second-order valence-corrected chi connectivity index (χ2v) is 4.50. The first-order valence-corrected chi connectivity index (χ1v) is 5.72. The topological polar surface area (TPSA) is 51.0 Å². The van der Waals surface area contributed by atoms with Crippen molar-refractivity contribution in [3.63, 3.8) is 0 Å². The first-order valence-electron chi connectivity index (χ1n) is 4.47. The molecule has 0 bridgehead atoms. The van der Waals surface area contributed by atoms with Crippen molar-refractivity contribution in [2.45, 2.75) is 20.0 Å². The van der Waals surface area contributed by atoms with E-state index in [1.54, 1.807) is 18.3 Å². The fraction of sp³-hybridized carbons (Fsp3) is 0.333. The van der Waals surface area contributed by atoms with Gasteiger partial charge in [0.05, 0.1) is 11.6 Å². The second kappa shape index (κ2) is 4.74. The average molecular weight is 244 g/mol. The number of hydrogen-bond acceptors (Lipinski definition) is 5. The van der Waals surface area contributed by atoms with E-state index in [4.69, 9.17) is 16.1 Å². The van der Waals surface area contributed by atoms with Gasteiger partial charge < -0.3 is 9.84 Å². The third-order valence-electron chi connectivity index (χ3n) is 1.77. The molecule has 0 aliphatic heterocycles. The molecule has 80 valence electrons. The molecule has 0 radical (unpaired) electrons. The van der Waals surface area contributed by atoms with Crippen molar-refractivity contribution in [1.82, 2.24) is 15.5 Å². The van der Waals surface area contributed by atoms with Gasteiger partial charge in [-0.25, -0.2) is 0 Å². The van der Waals surface area contributed by atoms with Gasteiger partial charge in [-0.05, 0) is 6.07 Å². The van der Waals surface area contributed by atoms with Gasteiger partial charge in [0, 0.05) is 23.7 Å². The molecule has 0 aliphatic carbocycles. The predicted octanol–water partition coefficient (Wildman–Crippen LogP) is 2.38. The number of thiophene rings is 1. The average Bonchev–Trinajstić information content (AvgIpc) is 2.76. The van der Waals surface area contributed by atoms with E-state index in [-0.39, 0.29) is 0 Å². The number of hydrogen-bond donors (Lipinski definition) is 1. The van der Waals surface area contributed by atoms with E-state index in [0.717, 1.165) is 11.6 Å². The van der Waals surface area contributed by atoms with Crippen LogP contribution in [0, 0.1) is 6.92 Å². The summed E-state index contributed by atoms with van der Waals surface area (Å²) in [6.07, 6.45) is 0. The Morgan fingerprint density at radius 3 is 3.00 bits per heavy atom. The maximum Gasteiger partial charge on any atom is 0.223 e. The molecule has 0 saturated carbocycles. The molecule has 0 spiro atoms. The van der Waals surface area contributed by atoms with E-state index in [9.17, 15) is 0 Å². The maximum atomic E-state index is 5.80. The smallest absolute Gasteiger partial charge is 0.223 e. The molecule has 2 heterocycles. The van der Waals surface area contributed by atoms with Crippen molar-refractivity contribution in [2.75, 3.05) is 0 Å². The summed E-state index contributed by atoms with van der Waals surface area (Å²) in [5.74, 6) is 1.26. The van der Waals surface area contributed by atoms with E-state index in [1.807, 2.05) is 11.4 Å². The molecule has 2 rings (SSSR count). The number of aryl methyl sites for hydroxylation is 1. The summed E-state index contributed by atoms with van der Waals surface area (Å²) in [5.41, 5.74) is 0. The van der Waals surface area contributed by atoms with E-state index in [2.05, 4.69) is 15.5 Å². The minimum absolute atomic E-state index is 0.589. The molecule has 0 aromatic carbocycles. The van der Waals surface area contributed by atoms with Gasteiger partial charge in [-0.15, -0.1) is 11.3 Å². The molecule has 0 amide bonds. The van der Waals surface area contributed by atoms with Crippen LogP contribution < -0.4 is 5.32 Å². The lowest BCUT2D eigenvalue weighted by atomic mass is 10.4. The van der Waals surface area contributed by atoms with Crippen LogP contribution in [0.15, 0.2) is 16.0 Å². The lowest BCUT2D eigenvalue weighted by Crippen LogP contribution is -2.12. The number of nitrogens with one attached hydrogen (secondary N) is 1. The zero-order valence-corrected chi connectivity index (χ0v) is 9.73. The van der Waals surface area contributed by atoms with Gasteiger partial charge in [0.15, 0.2) is 5.82 Å². The Hall–Kier alpha value is -0.910. The van der Waals surface area contributed by atoms with E-state index in [1.165, 1.54) is 4.88 Å². The minimum Gasteiger partial charge on any atom is -0.340 e. The standard InChI is InChI=1S/C9H10ClN3OS/c1-6-12-9(13-14-6)4-11-3-8-2-7(10)5-15-8/h2,5,11H,3-4H2,1H3. The quantitative estimate of drug-likeness (QED) is 0.896. The fourth-order valence-corrected chi connectivity index (χ4v) is 2.20. The number of aromatic nitrogens is 2. The minimum atomic E-state index is 0.589. The van der Waals surface area contributed by atoms with Crippen LogP contribution in [0.25, 0.3) is 0 Å². The Morgan fingerprint density at radius 1 is 1.53 bits per heavy atom. The van der Waals surface area contributed by atoms with E-state index >= 15 is 0 Å². The first-order chi connectivity index (χ1) is 7.24. The summed E-state index contributed by atoms with van der Waals surface area (Å²) in [6, 6.07) is 1.95. The predicted molar refractivity (Wildman–Crippen MR) is 58.9 cm³/mol. The highest BCUT2D eigenvalue weighted by Crippen LogP contribution is 2.18. The van der Waals surface area contributed by atoms with Gasteiger partial charge in [-0.3, -0.25) is 0 Å². The summed E-state index contributed by atoms with van der Waals surface area (Å²) < 4.78 is 4.85. The van der Waals surface area contributed by atoms with Crippen LogP contribution in [-0.2, 0) is 13.1 Å². The van der Waals surface area contributed by atoms with Gasteiger partial charge in [0.1, 0.15) is 0 Å². The first kappa shape index (κ1) is 10.6. The molecule has 0 unspecified atom stereocenters. The number of nitrogens with zero attached hydrogens (tertiary/aromatic N) is 2. The molecule has 2 aromatic rings. The molecule has 15 heavy (non-hydrogen) atoms. The molecule has 1 N–H and O–H groups in total. The fourth-order valence-electron chi connectivity index (χ4n) is 1.16. The molecule has 0 fully saturated rings. The normalized spacial score (nSPS) is 10.8. The lowest BCUT2D eigenvalue weighted by Gasteiger charge is -1.97.